The summed E-state index contributed by atoms with van der Waals surface area (Å²) < 4.78 is 37.9. The van der Waals surface area contributed by atoms with Gasteiger partial charge in [-0.05, 0) is 38.4 Å². The van der Waals surface area contributed by atoms with E-state index in [1.54, 1.807) is 14.0 Å². The Kier molecular flexibility index (Phi) is 5.26. The summed E-state index contributed by atoms with van der Waals surface area (Å²) in [4.78, 5) is 6.85. The van der Waals surface area contributed by atoms with Gasteiger partial charge in [-0.15, -0.1) is 0 Å². The van der Waals surface area contributed by atoms with Crippen LogP contribution in [0.1, 0.15) is 47.7 Å². The minimum atomic E-state index is -2.59. The van der Waals surface area contributed by atoms with Gasteiger partial charge < -0.3 is 9.26 Å². The third kappa shape index (κ3) is 3.58. The topological polar surface area (TPSA) is 51.4 Å². The van der Waals surface area contributed by atoms with Crippen molar-refractivity contribution in [3.63, 3.8) is 0 Å². The molecule has 0 amide bonds. The minimum Gasteiger partial charge on any atom is -0.496 e. The number of nitrogens with zero attached hydrogens (tertiary/aromatic N) is 3. The third-order valence-corrected chi connectivity index (χ3v) is 5.41. The van der Waals surface area contributed by atoms with Crippen LogP contribution in [0.3, 0.4) is 0 Å². The number of para-hydroxylation sites is 1. The third-order valence-electron chi connectivity index (χ3n) is 5.41. The molecule has 0 saturated carbocycles. The second kappa shape index (κ2) is 7.83. The summed E-state index contributed by atoms with van der Waals surface area (Å²) in [5, 5.41) is 4.15. The number of methoxy groups -OCH3 is 1. The number of fused-ring (bicyclic) bond motifs is 1. The molecule has 0 bridgehead atoms. The molecular weight excluding hydrogens is 364 g/mol. The molecule has 148 valence electrons. The van der Waals surface area contributed by atoms with Crippen LogP contribution in [0.4, 0.5) is 8.78 Å². The molecule has 0 radical (unpaired) electrons. The molecule has 1 atom stereocenters. The molecule has 7 heteroatoms. The van der Waals surface area contributed by atoms with Crippen molar-refractivity contribution in [2.24, 2.45) is 0 Å². The number of likely N-dealkylation sites (tertiary alicyclic amines) is 1. The van der Waals surface area contributed by atoms with Crippen LogP contribution in [0.15, 0.2) is 34.9 Å². The van der Waals surface area contributed by atoms with Crippen molar-refractivity contribution in [3.05, 3.63) is 52.8 Å². The van der Waals surface area contributed by atoms with Gasteiger partial charge in [0.15, 0.2) is 0 Å². The zero-order valence-electron chi connectivity index (χ0n) is 16.0. The Morgan fingerprint density at radius 1 is 1.32 bits per heavy atom. The number of hydrogen-bond donors (Lipinski definition) is 0. The van der Waals surface area contributed by atoms with E-state index in [9.17, 15) is 8.78 Å². The molecule has 3 aromatic rings. The zero-order chi connectivity index (χ0) is 19.7. The van der Waals surface area contributed by atoms with E-state index in [1.165, 1.54) is 6.07 Å². The number of hydrogen-bond acceptors (Lipinski definition) is 5. The molecule has 0 aliphatic carbocycles. The van der Waals surface area contributed by atoms with Gasteiger partial charge >= 0.3 is 0 Å². The van der Waals surface area contributed by atoms with Crippen LogP contribution in [-0.2, 0) is 6.54 Å². The second-order valence-corrected chi connectivity index (χ2v) is 7.27. The Bertz CT molecular complexity index is 973. The van der Waals surface area contributed by atoms with Gasteiger partial charge in [-0.2, -0.15) is 0 Å². The SMILES string of the molecule is COc1ccccc1CN1CCC[C@@H](c2cc(C(F)F)c3c(C)noc3n2)C1. The average Bonchev–Trinajstić information content (AvgIpc) is 3.09. The summed E-state index contributed by atoms with van der Waals surface area (Å²) in [6, 6.07) is 9.49. The molecule has 1 aliphatic rings. The molecule has 5 nitrogen and oxygen atoms in total. The quantitative estimate of drug-likeness (QED) is 0.626. The monoisotopic (exact) mass is 387 g/mol. The number of ether oxygens (including phenoxy) is 1. The molecule has 1 aliphatic heterocycles. The summed E-state index contributed by atoms with van der Waals surface area (Å²) >= 11 is 0. The fourth-order valence-electron chi connectivity index (χ4n) is 4.04. The molecule has 3 heterocycles. The Morgan fingerprint density at radius 2 is 2.14 bits per heavy atom. The first-order valence-electron chi connectivity index (χ1n) is 9.46. The highest BCUT2D eigenvalue weighted by Gasteiger charge is 2.27. The predicted molar refractivity (Wildman–Crippen MR) is 102 cm³/mol. The molecular formula is C21H23F2N3O2. The van der Waals surface area contributed by atoms with Crippen LogP contribution in [-0.4, -0.2) is 35.2 Å². The number of pyridine rings is 1. The lowest BCUT2D eigenvalue weighted by Crippen LogP contribution is -2.34. The Balaban J connectivity index is 1.59. The standard InChI is InChI=1S/C21H23F2N3O2/c1-13-19-16(20(22)23)10-17(24-21(19)28-25-13)14-7-5-9-26(11-14)12-15-6-3-4-8-18(15)27-2/h3-4,6,8,10,14,20H,5,7,9,11-12H2,1-2H3/t14-/m1/s1. The van der Waals surface area contributed by atoms with E-state index in [2.05, 4.69) is 21.1 Å². The maximum Gasteiger partial charge on any atom is 0.264 e. The highest BCUT2D eigenvalue weighted by Crippen LogP contribution is 2.34. The fourth-order valence-corrected chi connectivity index (χ4v) is 4.04. The van der Waals surface area contributed by atoms with Crippen LogP contribution in [0.2, 0.25) is 0 Å². The van der Waals surface area contributed by atoms with Gasteiger partial charge in [0.25, 0.3) is 12.1 Å². The first-order valence-corrected chi connectivity index (χ1v) is 9.46. The van der Waals surface area contributed by atoms with Crippen LogP contribution in [0.25, 0.3) is 11.1 Å². The molecule has 4 rings (SSSR count). The Labute approximate surface area is 162 Å². The molecule has 2 aromatic heterocycles. The average molecular weight is 387 g/mol. The van der Waals surface area contributed by atoms with Gasteiger partial charge in [-0.1, -0.05) is 23.4 Å². The first kappa shape index (κ1) is 18.8. The van der Waals surface area contributed by atoms with Crippen LogP contribution < -0.4 is 4.74 Å². The molecule has 28 heavy (non-hydrogen) atoms. The molecule has 1 saturated heterocycles. The Hall–Kier alpha value is -2.54. The minimum absolute atomic E-state index is 0.0411. The van der Waals surface area contributed by atoms with E-state index < -0.39 is 6.43 Å². The van der Waals surface area contributed by atoms with E-state index >= 15 is 0 Å². The van der Waals surface area contributed by atoms with E-state index in [-0.39, 0.29) is 17.2 Å². The van der Waals surface area contributed by atoms with Gasteiger partial charge in [0, 0.05) is 35.8 Å². The van der Waals surface area contributed by atoms with Crippen molar-refractivity contribution in [2.75, 3.05) is 20.2 Å². The highest BCUT2D eigenvalue weighted by atomic mass is 19.3. The lowest BCUT2D eigenvalue weighted by Gasteiger charge is -2.32. The molecule has 0 unspecified atom stereocenters. The lowest BCUT2D eigenvalue weighted by atomic mass is 9.92. The van der Waals surface area contributed by atoms with Gasteiger partial charge in [-0.25, -0.2) is 13.8 Å². The second-order valence-electron chi connectivity index (χ2n) is 7.27. The van der Waals surface area contributed by atoms with Gasteiger partial charge in [0.2, 0.25) is 0 Å². The molecule has 0 spiro atoms. The maximum absolute atomic E-state index is 13.6. The summed E-state index contributed by atoms with van der Waals surface area (Å²) in [6.45, 7) is 4.13. The Morgan fingerprint density at radius 3 is 2.93 bits per heavy atom. The van der Waals surface area contributed by atoms with Crippen molar-refractivity contribution in [1.82, 2.24) is 15.0 Å². The van der Waals surface area contributed by atoms with Crippen LogP contribution in [0, 0.1) is 6.92 Å². The van der Waals surface area contributed by atoms with E-state index in [1.807, 2.05) is 18.2 Å². The fraction of sp³-hybridized carbons (Fsp3) is 0.429. The number of aromatic nitrogens is 2. The normalized spacial score (nSPS) is 18.1. The van der Waals surface area contributed by atoms with Crippen molar-refractivity contribution in [3.8, 4) is 5.75 Å². The van der Waals surface area contributed by atoms with Crippen LogP contribution >= 0.6 is 0 Å². The van der Waals surface area contributed by atoms with Crippen molar-refractivity contribution in [2.45, 2.75) is 38.7 Å². The lowest BCUT2D eigenvalue weighted by molar-refractivity contribution is 0.152. The van der Waals surface area contributed by atoms with E-state index in [4.69, 9.17) is 9.26 Å². The molecule has 1 fully saturated rings. The van der Waals surface area contributed by atoms with Gasteiger partial charge in [0.05, 0.1) is 18.2 Å². The smallest absolute Gasteiger partial charge is 0.264 e. The van der Waals surface area contributed by atoms with Gasteiger partial charge in [-0.3, -0.25) is 4.90 Å². The van der Waals surface area contributed by atoms with Crippen molar-refractivity contribution >= 4 is 11.1 Å². The van der Waals surface area contributed by atoms with Gasteiger partial charge in [0.1, 0.15) is 5.75 Å². The molecule has 0 N–H and O–H groups in total. The van der Waals surface area contributed by atoms with E-state index in [0.717, 1.165) is 43.8 Å². The summed E-state index contributed by atoms with van der Waals surface area (Å²) in [5.41, 5.74) is 2.38. The molecule has 1 aromatic carbocycles. The number of rotatable bonds is 5. The first-order chi connectivity index (χ1) is 13.6. The highest BCUT2D eigenvalue weighted by molar-refractivity contribution is 5.80. The summed E-state index contributed by atoms with van der Waals surface area (Å²) in [6.07, 6.45) is -0.689. The van der Waals surface area contributed by atoms with Crippen molar-refractivity contribution in [1.29, 1.82) is 0 Å². The van der Waals surface area contributed by atoms with E-state index in [0.29, 0.717) is 16.8 Å². The van der Waals surface area contributed by atoms with Crippen LogP contribution in [0.5, 0.6) is 5.75 Å². The number of benzene rings is 1. The van der Waals surface area contributed by atoms with Crippen molar-refractivity contribution < 1.29 is 18.0 Å². The zero-order valence-corrected chi connectivity index (χ0v) is 16.0. The number of piperidine rings is 1. The number of halogens is 2. The summed E-state index contributed by atoms with van der Waals surface area (Å²) in [7, 11) is 1.67. The number of alkyl halides is 2. The number of aryl methyl sites for hydroxylation is 1. The largest absolute Gasteiger partial charge is 0.496 e. The maximum atomic E-state index is 13.6. The summed E-state index contributed by atoms with van der Waals surface area (Å²) in [5.74, 6) is 0.942. The predicted octanol–water partition coefficient (Wildman–Crippen LogP) is 4.86.